The SMILES string of the molecule is Cc1nn(C)c(CC(=O)CCc2cccnc2)c1Br. The Bertz CT molecular complexity index is 578. The van der Waals surface area contributed by atoms with Gasteiger partial charge in [-0.2, -0.15) is 5.10 Å². The van der Waals surface area contributed by atoms with Crippen LogP contribution in [-0.2, 0) is 24.7 Å². The quantitative estimate of drug-likeness (QED) is 0.850. The summed E-state index contributed by atoms with van der Waals surface area (Å²) in [5.74, 6) is 0.215. The number of ketones is 1. The van der Waals surface area contributed by atoms with Gasteiger partial charge in [-0.1, -0.05) is 6.07 Å². The van der Waals surface area contributed by atoms with Crippen LogP contribution in [0.4, 0.5) is 0 Å². The van der Waals surface area contributed by atoms with Gasteiger partial charge >= 0.3 is 0 Å². The first-order chi connectivity index (χ1) is 9.08. The van der Waals surface area contributed by atoms with E-state index in [9.17, 15) is 4.79 Å². The average molecular weight is 322 g/mol. The molecule has 4 nitrogen and oxygen atoms in total. The van der Waals surface area contributed by atoms with E-state index >= 15 is 0 Å². The summed E-state index contributed by atoms with van der Waals surface area (Å²) in [6.07, 6.45) is 5.22. The maximum absolute atomic E-state index is 12.0. The number of pyridine rings is 1. The van der Waals surface area contributed by atoms with Gasteiger partial charge in [-0.3, -0.25) is 14.5 Å². The summed E-state index contributed by atoms with van der Waals surface area (Å²) in [4.78, 5) is 16.1. The van der Waals surface area contributed by atoms with Crippen molar-refractivity contribution < 1.29 is 4.79 Å². The fraction of sp³-hybridized carbons (Fsp3) is 0.357. The Kier molecular flexibility index (Phi) is 4.47. The summed E-state index contributed by atoms with van der Waals surface area (Å²) < 4.78 is 2.70. The molecule has 2 aromatic rings. The van der Waals surface area contributed by atoms with E-state index in [1.807, 2.05) is 26.1 Å². The van der Waals surface area contributed by atoms with E-state index in [1.54, 1.807) is 17.1 Å². The highest BCUT2D eigenvalue weighted by atomic mass is 79.9. The lowest BCUT2D eigenvalue weighted by Crippen LogP contribution is -2.09. The highest BCUT2D eigenvalue weighted by Crippen LogP contribution is 2.21. The molecule has 0 radical (unpaired) electrons. The molecule has 0 saturated carbocycles. The highest BCUT2D eigenvalue weighted by molar-refractivity contribution is 9.10. The van der Waals surface area contributed by atoms with E-state index in [0.717, 1.165) is 27.8 Å². The van der Waals surface area contributed by atoms with Crippen LogP contribution in [0, 0.1) is 6.92 Å². The highest BCUT2D eigenvalue weighted by Gasteiger charge is 2.14. The van der Waals surface area contributed by atoms with Gasteiger partial charge in [0.2, 0.25) is 0 Å². The molecule has 0 atom stereocenters. The number of carbonyl (C=O) groups excluding carboxylic acids is 1. The molecule has 100 valence electrons. The molecule has 2 rings (SSSR count). The largest absolute Gasteiger partial charge is 0.299 e. The van der Waals surface area contributed by atoms with Crippen LogP contribution in [0.15, 0.2) is 29.0 Å². The van der Waals surface area contributed by atoms with Crippen molar-refractivity contribution in [2.45, 2.75) is 26.2 Å². The molecule has 0 bridgehead atoms. The Labute approximate surface area is 121 Å². The van der Waals surface area contributed by atoms with Crippen molar-refractivity contribution in [3.63, 3.8) is 0 Å². The van der Waals surface area contributed by atoms with Crippen LogP contribution >= 0.6 is 15.9 Å². The Hall–Kier alpha value is -1.49. The van der Waals surface area contributed by atoms with Crippen LogP contribution in [0.2, 0.25) is 0 Å². The maximum atomic E-state index is 12.0. The molecular weight excluding hydrogens is 306 g/mol. The number of nitrogens with zero attached hydrogens (tertiary/aromatic N) is 3. The Morgan fingerprint density at radius 2 is 2.26 bits per heavy atom. The number of aromatic nitrogens is 3. The van der Waals surface area contributed by atoms with Crippen molar-refractivity contribution in [1.82, 2.24) is 14.8 Å². The number of carbonyl (C=O) groups is 1. The topological polar surface area (TPSA) is 47.8 Å². The van der Waals surface area contributed by atoms with Crippen molar-refractivity contribution in [2.24, 2.45) is 7.05 Å². The second-order valence-electron chi connectivity index (χ2n) is 4.55. The summed E-state index contributed by atoms with van der Waals surface area (Å²) in [6.45, 7) is 1.92. The van der Waals surface area contributed by atoms with Gasteiger partial charge in [0, 0.05) is 32.3 Å². The summed E-state index contributed by atoms with van der Waals surface area (Å²) in [5, 5.41) is 4.29. The van der Waals surface area contributed by atoms with E-state index in [4.69, 9.17) is 0 Å². The van der Waals surface area contributed by atoms with Gasteiger partial charge < -0.3 is 0 Å². The summed E-state index contributed by atoms with van der Waals surface area (Å²) >= 11 is 3.48. The first-order valence-electron chi connectivity index (χ1n) is 6.16. The minimum atomic E-state index is 0.215. The van der Waals surface area contributed by atoms with Crippen LogP contribution in [0.25, 0.3) is 0 Å². The van der Waals surface area contributed by atoms with Crippen LogP contribution in [0.5, 0.6) is 0 Å². The molecular formula is C14H16BrN3O. The lowest BCUT2D eigenvalue weighted by molar-refractivity contribution is -0.118. The monoisotopic (exact) mass is 321 g/mol. The molecule has 0 spiro atoms. The summed E-state index contributed by atoms with van der Waals surface area (Å²) in [6, 6.07) is 3.88. The van der Waals surface area contributed by atoms with Crippen LogP contribution in [0.1, 0.15) is 23.4 Å². The third-order valence-electron chi connectivity index (χ3n) is 3.04. The molecule has 2 heterocycles. The molecule has 0 aliphatic carbocycles. The smallest absolute Gasteiger partial charge is 0.139 e. The number of halogens is 1. The third-order valence-corrected chi connectivity index (χ3v) is 4.07. The fourth-order valence-corrected chi connectivity index (χ4v) is 2.45. The maximum Gasteiger partial charge on any atom is 0.139 e. The van der Waals surface area contributed by atoms with Crippen molar-refractivity contribution >= 4 is 21.7 Å². The standard InChI is InChI=1S/C14H16BrN3O/c1-10-14(15)13(18(2)17-10)8-12(19)6-5-11-4-3-7-16-9-11/h3-4,7,9H,5-6,8H2,1-2H3. The average Bonchev–Trinajstić information content (AvgIpc) is 2.64. The van der Waals surface area contributed by atoms with E-state index in [2.05, 4.69) is 26.0 Å². The van der Waals surface area contributed by atoms with Gasteiger partial charge in [-0.05, 0) is 40.9 Å². The summed E-state index contributed by atoms with van der Waals surface area (Å²) in [7, 11) is 1.86. The van der Waals surface area contributed by atoms with Gasteiger partial charge in [-0.15, -0.1) is 0 Å². The van der Waals surface area contributed by atoms with E-state index < -0.39 is 0 Å². The van der Waals surface area contributed by atoms with Crippen molar-refractivity contribution in [3.05, 3.63) is 46.0 Å². The molecule has 0 aromatic carbocycles. The van der Waals surface area contributed by atoms with Crippen molar-refractivity contribution in [1.29, 1.82) is 0 Å². The zero-order valence-electron chi connectivity index (χ0n) is 11.1. The minimum absolute atomic E-state index is 0.215. The number of hydrogen-bond acceptors (Lipinski definition) is 3. The molecule has 5 heteroatoms. The van der Waals surface area contributed by atoms with E-state index in [0.29, 0.717) is 12.8 Å². The van der Waals surface area contributed by atoms with Crippen LogP contribution in [-0.4, -0.2) is 20.5 Å². The van der Waals surface area contributed by atoms with Crippen molar-refractivity contribution in [3.8, 4) is 0 Å². The fourth-order valence-electron chi connectivity index (χ4n) is 1.98. The molecule has 0 aliphatic heterocycles. The zero-order valence-corrected chi connectivity index (χ0v) is 12.6. The molecule has 0 aliphatic rings. The Morgan fingerprint density at radius 3 is 2.84 bits per heavy atom. The van der Waals surface area contributed by atoms with Gasteiger partial charge in [0.15, 0.2) is 0 Å². The molecule has 0 unspecified atom stereocenters. The third kappa shape index (κ3) is 3.50. The number of hydrogen-bond donors (Lipinski definition) is 0. The van der Waals surface area contributed by atoms with Crippen LogP contribution in [0.3, 0.4) is 0 Å². The lowest BCUT2D eigenvalue weighted by atomic mass is 10.1. The molecule has 19 heavy (non-hydrogen) atoms. The van der Waals surface area contributed by atoms with E-state index in [1.165, 1.54) is 0 Å². The van der Waals surface area contributed by atoms with Gasteiger partial charge in [0.1, 0.15) is 5.78 Å². The number of rotatable bonds is 5. The molecule has 0 N–H and O–H groups in total. The predicted octanol–water partition coefficient (Wildman–Crippen LogP) is 2.63. The number of aryl methyl sites for hydroxylation is 3. The zero-order chi connectivity index (χ0) is 13.8. The second kappa shape index (κ2) is 6.10. The molecule has 2 aromatic heterocycles. The van der Waals surface area contributed by atoms with Crippen LogP contribution < -0.4 is 0 Å². The number of Topliss-reactive ketones (excluding diaryl/α,β-unsaturated/α-hetero) is 1. The lowest BCUT2D eigenvalue weighted by Gasteiger charge is -2.03. The Morgan fingerprint density at radius 1 is 1.47 bits per heavy atom. The normalized spacial score (nSPS) is 10.7. The van der Waals surface area contributed by atoms with Crippen molar-refractivity contribution in [2.75, 3.05) is 0 Å². The summed E-state index contributed by atoms with van der Waals surface area (Å²) in [5.41, 5.74) is 2.95. The van der Waals surface area contributed by atoms with Gasteiger partial charge in [0.05, 0.1) is 15.9 Å². The van der Waals surface area contributed by atoms with E-state index in [-0.39, 0.29) is 5.78 Å². The molecule has 0 amide bonds. The minimum Gasteiger partial charge on any atom is -0.299 e. The first kappa shape index (κ1) is 13.9. The Balaban J connectivity index is 1.95. The molecule has 0 fully saturated rings. The second-order valence-corrected chi connectivity index (χ2v) is 5.34. The predicted molar refractivity (Wildman–Crippen MR) is 76.9 cm³/mol. The molecule has 0 saturated heterocycles. The van der Waals surface area contributed by atoms with Gasteiger partial charge in [0.25, 0.3) is 0 Å². The first-order valence-corrected chi connectivity index (χ1v) is 6.96. The van der Waals surface area contributed by atoms with Gasteiger partial charge in [-0.25, -0.2) is 0 Å².